The van der Waals surface area contributed by atoms with Gasteiger partial charge in [0.25, 0.3) is 5.56 Å². The van der Waals surface area contributed by atoms with Gasteiger partial charge >= 0.3 is 0 Å². The summed E-state index contributed by atoms with van der Waals surface area (Å²) in [5, 5.41) is 1.44. The molecule has 0 fully saturated rings. The van der Waals surface area contributed by atoms with Crippen molar-refractivity contribution in [2.45, 2.75) is 6.92 Å². The van der Waals surface area contributed by atoms with E-state index in [9.17, 15) is 4.79 Å². The van der Waals surface area contributed by atoms with E-state index in [1.54, 1.807) is 19.2 Å². The van der Waals surface area contributed by atoms with Crippen molar-refractivity contribution >= 4 is 10.8 Å². The second-order valence-electron chi connectivity index (χ2n) is 3.35. The lowest BCUT2D eigenvalue weighted by atomic mass is 10.1. The lowest BCUT2D eigenvalue weighted by molar-refractivity contribution is 0.326. The van der Waals surface area contributed by atoms with Crippen LogP contribution in [0.25, 0.3) is 10.8 Å². The third kappa shape index (κ3) is 1.86. The molecule has 1 N–H and O–H groups in total. The number of methoxy groups -OCH3 is 1. The summed E-state index contributed by atoms with van der Waals surface area (Å²) in [5.41, 5.74) is -0.167. The number of benzene rings is 1. The molecule has 0 bridgehead atoms. The van der Waals surface area contributed by atoms with Crippen LogP contribution in [0.1, 0.15) is 6.92 Å². The van der Waals surface area contributed by atoms with E-state index in [2.05, 4.69) is 4.98 Å². The van der Waals surface area contributed by atoms with Gasteiger partial charge in [-0.2, -0.15) is 0 Å². The molecule has 0 spiro atoms. The van der Waals surface area contributed by atoms with Crippen LogP contribution in [0.2, 0.25) is 0 Å². The van der Waals surface area contributed by atoms with Gasteiger partial charge in [-0.1, -0.05) is 6.07 Å². The number of pyridine rings is 1. The number of hydrogen-bond acceptors (Lipinski definition) is 3. The number of nitrogens with one attached hydrogen (secondary N) is 1. The lowest BCUT2D eigenvalue weighted by Crippen LogP contribution is -2.08. The maximum Gasteiger partial charge on any atom is 0.258 e. The van der Waals surface area contributed by atoms with Crippen LogP contribution >= 0.6 is 0 Å². The zero-order chi connectivity index (χ0) is 11.5. The molecule has 0 unspecified atom stereocenters. The second kappa shape index (κ2) is 4.26. The Hall–Kier alpha value is -1.97. The Balaban J connectivity index is 2.62. The Morgan fingerprint density at radius 1 is 1.31 bits per heavy atom. The quantitative estimate of drug-likeness (QED) is 0.858. The van der Waals surface area contributed by atoms with E-state index in [1.807, 2.05) is 19.1 Å². The number of aromatic amines is 1. The number of aromatic nitrogens is 1. The molecule has 16 heavy (non-hydrogen) atoms. The maximum atomic E-state index is 11.8. The lowest BCUT2D eigenvalue weighted by Gasteiger charge is -2.05. The van der Waals surface area contributed by atoms with Gasteiger partial charge in [-0.3, -0.25) is 9.78 Å². The van der Waals surface area contributed by atoms with Gasteiger partial charge in [0.15, 0.2) is 5.88 Å². The topological polar surface area (TPSA) is 51.3 Å². The molecular weight excluding hydrogens is 206 g/mol. The molecule has 4 nitrogen and oxygen atoms in total. The average molecular weight is 219 g/mol. The van der Waals surface area contributed by atoms with Gasteiger partial charge in [0.2, 0.25) is 0 Å². The van der Waals surface area contributed by atoms with Crippen LogP contribution in [0.4, 0.5) is 0 Å². The fourth-order valence-electron chi connectivity index (χ4n) is 1.57. The Kier molecular flexibility index (Phi) is 2.81. The standard InChI is InChI=1S/C12H13NO3/c1-3-16-11-6-8-4-5-9(15-2)7-10(8)12(14)13-11/h4-7H,3H2,1-2H3,(H,13,14). The first-order valence-corrected chi connectivity index (χ1v) is 5.08. The fraction of sp³-hybridized carbons (Fsp3) is 0.250. The van der Waals surface area contributed by atoms with E-state index in [0.29, 0.717) is 23.6 Å². The molecule has 1 aromatic carbocycles. The van der Waals surface area contributed by atoms with E-state index in [4.69, 9.17) is 9.47 Å². The van der Waals surface area contributed by atoms with Crippen molar-refractivity contribution < 1.29 is 9.47 Å². The molecule has 0 aliphatic heterocycles. The second-order valence-corrected chi connectivity index (χ2v) is 3.35. The zero-order valence-electron chi connectivity index (χ0n) is 9.24. The molecule has 1 aromatic heterocycles. The molecule has 0 aliphatic rings. The summed E-state index contributed by atoms with van der Waals surface area (Å²) in [7, 11) is 1.57. The van der Waals surface area contributed by atoms with E-state index < -0.39 is 0 Å². The van der Waals surface area contributed by atoms with Crippen molar-refractivity contribution in [3.8, 4) is 11.6 Å². The third-order valence-electron chi connectivity index (χ3n) is 2.33. The Labute approximate surface area is 92.8 Å². The van der Waals surface area contributed by atoms with Gasteiger partial charge in [-0.05, 0) is 24.4 Å². The number of rotatable bonds is 3. The minimum atomic E-state index is -0.167. The molecule has 0 radical (unpaired) electrons. The predicted molar refractivity (Wildman–Crippen MR) is 62.3 cm³/mol. The number of fused-ring (bicyclic) bond motifs is 1. The molecule has 4 heteroatoms. The van der Waals surface area contributed by atoms with Crippen LogP contribution in [0.3, 0.4) is 0 Å². The van der Waals surface area contributed by atoms with Gasteiger partial charge in [-0.25, -0.2) is 0 Å². The summed E-state index contributed by atoms with van der Waals surface area (Å²) in [6.45, 7) is 2.40. The van der Waals surface area contributed by atoms with Gasteiger partial charge < -0.3 is 9.47 Å². The Bertz CT molecular complexity index is 560. The highest BCUT2D eigenvalue weighted by molar-refractivity contribution is 5.83. The van der Waals surface area contributed by atoms with Gasteiger partial charge in [0, 0.05) is 6.07 Å². The SMILES string of the molecule is CCOc1cc2ccc(OC)cc2c(=O)[nH]1. The zero-order valence-corrected chi connectivity index (χ0v) is 9.24. The van der Waals surface area contributed by atoms with Crippen LogP contribution in [0.5, 0.6) is 11.6 Å². The number of H-pyrrole nitrogens is 1. The van der Waals surface area contributed by atoms with Gasteiger partial charge in [0.05, 0.1) is 19.1 Å². The van der Waals surface area contributed by atoms with Crippen LogP contribution in [0.15, 0.2) is 29.1 Å². The van der Waals surface area contributed by atoms with Crippen molar-refractivity contribution in [3.05, 3.63) is 34.6 Å². The van der Waals surface area contributed by atoms with E-state index in [-0.39, 0.29) is 5.56 Å². The highest BCUT2D eigenvalue weighted by atomic mass is 16.5. The first kappa shape index (κ1) is 10.5. The molecule has 84 valence electrons. The summed E-state index contributed by atoms with van der Waals surface area (Å²) in [6, 6.07) is 7.17. The molecule has 0 atom stereocenters. The predicted octanol–water partition coefficient (Wildman–Crippen LogP) is 1.94. The van der Waals surface area contributed by atoms with Crippen LogP contribution in [-0.2, 0) is 0 Å². The fourth-order valence-corrected chi connectivity index (χ4v) is 1.57. The number of hydrogen-bond donors (Lipinski definition) is 1. The van der Waals surface area contributed by atoms with Crippen LogP contribution in [-0.4, -0.2) is 18.7 Å². The molecule has 0 aliphatic carbocycles. The first-order chi connectivity index (χ1) is 7.74. The van der Waals surface area contributed by atoms with E-state index in [0.717, 1.165) is 5.39 Å². The summed E-state index contributed by atoms with van der Waals surface area (Å²) in [5.74, 6) is 1.16. The molecule has 1 heterocycles. The highest BCUT2D eigenvalue weighted by Gasteiger charge is 2.03. The summed E-state index contributed by atoms with van der Waals surface area (Å²) in [4.78, 5) is 14.4. The molecule has 2 aromatic rings. The molecule has 0 amide bonds. The average Bonchev–Trinajstić information content (AvgIpc) is 2.29. The summed E-state index contributed by atoms with van der Waals surface area (Å²) in [6.07, 6.45) is 0. The highest BCUT2D eigenvalue weighted by Crippen LogP contribution is 2.20. The third-order valence-corrected chi connectivity index (χ3v) is 2.33. The smallest absolute Gasteiger partial charge is 0.258 e. The number of ether oxygens (including phenoxy) is 2. The minimum Gasteiger partial charge on any atom is -0.497 e. The largest absolute Gasteiger partial charge is 0.497 e. The van der Waals surface area contributed by atoms with Gasteiger partial charge in [0.1, 0.15) is 5.75 Å². The minimum absolute atomic E-state index is 0.167. The van der Waals surface area contributed by atoms with Crippen LogP contribution in [0, 0.1) is 0 Å². The van der Waals surface area contributed by atoms with Crippen LogP contribution < -0.4 is 15.0 Å². The maximum absolute atomic E-state index is 11.8. The summed E-state index contributed by atoms with van der Waals surface area (Å²) < 4.78 is 10.3. The molecule has 0 saturated heterocycles. The van der Waals surface area contributed by atoms with Crippen molar-refractivity contribution in [1.29, 1.82) is 0 Å². The van der Waals surface area contributed by atoms with E-state index in [1.165, 1.54) is 0 Å². The monoisotopic (exact) mass is 219 g/mol. The van der Waals surface area contributed by atoms with Crippen molar-refractivity contribution in [2.24, 2.45) is 0 Å². The van der Waals surface area contributed by atoms with E-state index >= 15 is 0 Å². The van der Waals surface area contributed by atoms with Gasteiger partial charge in [-0.15, -0.1) is 0 Å². The first-order valence-electron chi connectivity index (χ1n) is 5.08. The molecule has 2 rings (SSSR count). The summed E-state index contributed by atoms with van der Waals surface area (Å²) >= 11 is 0. The molecular formula is C12H13NO3. The van der Waals surface area contributed by atoms with Crippen molar-refractivity contribution in [1.82, 2.24) is 4.98 Å². The normalized spacial score (nSPS) is 10.4. The van der Waals surface area contributed by atoms with Crippen molar-refractivity contribution in [3.63, 3.8) is 0 Å². The Morgan fingerprint density at radius 2 is 2.12 bits per heavy atom. The van der Waals surface area contributed by atoms with Crippen molar-refractivity contribution in [2.75, 3.05) is 13.7 Å². The molecule has 0 saturated carbocycles. The Morgan fingerprint density at radius 3 is 2.81 bits per heavy atom.